The van der Waals surface area contributed by atoms with Gasteiger partial charge in [-0.15, -0.1) is 0 Å². The number of nitriles is 1. The molecule has 3 nitrogen and oxygen atoms in total. The fraction of sp³-hybridized carbons (Fsp3) is 0.385. The van der Waals surface area contributed by atoms with Crippen LogP contribution in [0.3, 0.4) is 0 Å². The molecule has 0 saturated carbocycles. The van der Waals surface area contributed by atoms with Crippen LogP contribution in [0.4, 0.5) is 18.9 Å². The first-order valence-electron chi connectivity index (χ1n) is 5.80. The molecule has 1 aliphatic heterocycles. The monoisotopic (exact) mass is 268 g/mol. The summed E-state index contributed by atoms with van der Waals surface area (Å²) in [5.41, 5.74) is -1.02. The Balaban J connectivity index is 2.44. The molecule has 100 valence electrons. The molecule has 0 radical (unpaired) electrons. The van der Waals surface area contributed by atoms with Crippen LogP contribution < -0.4 is 4.90 Å². The minimum Gasteiger partial charge on any atom is -0.362 e. The summed E-state index contributed by atoms with van der Waals surface area (Å²) in [6, 6.07) is 4.71. The van der Waals surface area contributed by atoms with E-state index in [0.29, 0.717) is 18.7 Å². The fourth-order valence-corrected chi connectivity index (χ4v) is 2.30. The van der Waals surface area contributed by atoms with Crippen molar-refractivity contribution in [1.29, 1.82) is 5.26 Å². The molecule has 0 aliphatic carbocycles. The van der Waals surface area contributed by atoms with Gasteiger partial charge in [0, 0.05) is 12.2 Å². The van der Waals surface area contributed by atoms with Crippen molar-refractivity contribution in [2.45, 2.75) is 25.1 Å². The Morgan fingerprint density at radius 3 is 2.74 bits per heavy atom. The van der Waals surface area contributed by atoms with E-state index < -0.39 is 17.3 Å². The van der Waals surface area contributed by atoms with Gasteiger partial charge in [-0.25, -0.2) is 0 Å². The summed E-state index contributed by atoms with van der Waals surface area (Å²) in [7, 11) is 0. The molecule has 0 spiro atoms. The van der Waals surface area contributed by atoms with Crippen LogP contribution in [0.5, 0.6) is 0 Å². The van der Waals surface area contributed by atoms with Crippen molar-refractivity contribution in [3.63, 3.8) is 0 Å². The first-order valence-corrected chi connectivity index (χ1v) is 5.80. The van der Waals surface area contributed by atoms with Gasteiger partial charge in [0.2, 0.25) is 0 Å². The number of aldehydes is 1. The Labute approximate surface area is 108 Å². The molecule has 1 aromatic rings. The number of halogens is 3. The summed E-state index contributed by atoms with van der Waals surface area (Å²) in [6.07, 6.45) is -2.41. The summed E-state index contributed by atoms with van der Waals surface area (Å²) in [4.78, 5) is 12.5. The maximum absolute atomic E-state index is 12.8. The zero-order chi connectivity index (χ0) is 14.0. The van der Waals surface area contributed by atoms with Crippen LogP contribution in [0, 0.1) is 11.3 Å². The van der Waals surface area contributed by atoms with E-state index in [9.17, 15) is 18.0 Å². The molecular formula is C13H11F3N2O. The Morgan fingerprint density at radius 2 is 2.16 bits per heavy atom. The van der Waals surface area contributed by atoms with Crippen molar-refractivity contribution in [3.8, 4) is 6.07 Å². The lowest BCUT2D eigenvalue weighted by Gasteiger charge is -2.24. The summed E-state index contributed by atoms with van der Waals surface area (Å²) >= 11 is 0. The second kappa shape index (κ2) is 4.92. The topological polar surface area (TPSA) is 44.1 Å². The third-order valence-electron chi connectivity index (χ3n) is 3.22. The lowest BCUT2D eigenvalue weighted by molar-refractivity contribution is -0.137. The van der Waals surface area contributed by atoms with Gasteiger partial charge in [0.15, 0.2) is 0 Å². The van der Waals surface area contributed by atoms with Crippen LogP contribution in [0.2, 0.25) is 0 Å². The Bertz CT molecular complexity index is 534. The highest BCUT2D eigenvalue weighted by Crippen LogP contribution is 2.35. The molecule has 1 aromatic carbocycles. The van der Waals surface area contributed by atoms with E-state index in [4.69, 9.17) is 5.26 Å². The number of hydrogen-bond acceptors (Lipinski definition) is 3. The highest BCUT2D eigenvalue weighted by molar-refractivity contribution is 5.68. The smallest absolute Gasteiger partial charge is 0.362 e. The first kappa shape index (κ1) is 13.4. The number of alkyl halides is 3. The van der Waals surface area contributed by atoms with Gasteiger partial charge in [-0.2, -0.15) is 18.4 Å². The van der Waals surface area contributed by atoms with E-state index in [-0.39, 0.29) is 6.04 Å². The standard InChI is InChI=1S/C13H11F3N2O/c14-13(15,16)12-6-10(4-3-9(12)7-17)18-5-1-2-11(18)8-19/h3-4,6,8,11H,1-2,5H2/t11-/m1/s1. The molecule has 0 unspecified atom stereocenters. The van der Waals surface area contributed by atoms with E-state index in [1.165, 1.54) is 12.1 Å². The van der Waals surface area contributed by atoms with Crippen molar-refractivity contribution in [2.75, 3.05) is 11.4 Å². The van der Waals surface area contributed by atoms with Crippen molar-refractivity contribution < 1.29 is 18.0 Å². The second-order valence-electron chi connectivity index (χ2n) is 4.38. The SMILES string of the molecule is N#Cc1ccc(N2CCC[C@@H]2C=O)cc1C(F)(F)F. The lowest BCUT2D eigenvalue weighted by Crippen LogP contribution is -2.30. The molecule has 19 heavy (non-hydrogen) atoms. The normalized spacial score (nSPS) is 19.3. The zero-order valence-corrected chi connectivity index (χ0v) is 9.94. The van der Waals surface area contributed by atoms with Crippen molar-refractivity contribution >= 4 is 12.0 Å². The fourth-order valence-electron chi connectivity index (χ4n) is 2.30. The number of benzene rings is 1. The Morgan fingerprint density at radius 1 is 1.42 bits per heavy atom. The summed E-state index contributed by atoms with van der Waals surface area (Å²) in [5, 5.41) is 8.72. The van der Waals surface area contributed by atoms with E-state index in [1.54, 1.807) is 4.90 Å². The molecular weight excluding hydrogens is 257 g/mol. The number of hydrogen-bond donors (Lipinski definition) is 0. The van der Waals surface area contributed by atoms with E-state index in [0.717, 1.165) is 24.8 Å². The Kier molecular flexibility index (Phi) is 3.47. The minimum absolute atomic E-state index is 0.334. The van der Waals surface area contributed by atoms with Gasteiger partial charge in [-0.05, 0) is 31.0 Å². The van der Waals surface area contributed by atoms with E-state index >= 15 is 0 Å². The molecule has 1 aliphatic rings. The quantitative estimate of drug-likeness (QED) is 0.775. The maximum atomic E-state index is 12.8. The lowest BCUT2D eigenvalue weighted by atomic mass is 10.1. The predicted octanol–water partition coefficient (Wildman–Crippen LogP) is 2.74. The van der Waals surface area contributed by atoms with Gasteiger partial charge in [0.05, 0.1) is 23.2 Å². The molecule has 0 bridgehead atoms. The third kappa shape index (κ3) is 2.55. The van der Waals surface area contributed by atoms with Crippen LogP contribution in [-0.2, 0) is 11.0 Å². The van der Waals surface area contributed by atoms with Gasteiger partial charge >= 0.3 is 6.18 Å². The molecule has 0 N–H and O–H groups in total. The number of anilines is 1. The molecule has 6 heteroatoms. The highest BCUT2D eigenvalue weighted by atomic mass is 19.4. The summed E-state index contributed by atoms with van der Waals surface area (Å²) in [5.74, 6) is 0. The van der Waals surface area contributed by atoms with Gasteiger partial charge in [-0.3, -0.25) is 0 Å². The molecule has 1 atom stereocenters. The molecule has 2 rings (SSSR count). The van der Waals surface area contributed by atoms with Crippen molar-refractivity contribution in [1.82, 2.24) is 0 Å². The second-order valence-corrected chi connectivity index (χ2v) is 4.38. The summed E-state index contributed by atoms with van der Waals surface area (Å²) in [6.45, 7) is 0.548. The summed E-state index contributed by atoms with van der Waals surface area (Å²) < 4.78 is 38.5. The van der Waals surface area contributed by atoms with Crippen LogP contribution in [-0.4, -0.2) is 18.9 Å². The van der Waals surface area contributed by atoms with Gasteiger partial charge in [0.25, 0.3) is 0 Å². The molecule has 1 saturated heterocycles. The number of carbonyl (C=O) groups is 1. The largest absolute Gasteiger partial charge is 0.417 e. The third-order valence-corrected chi connectivity index (χ3v) is 3.22. The molecule has 1 heterocycles. The average Bonchev–Trinajstić information content (AvgIpc) is 2.85. The van der Waals surface area contributed by atoms with Gasteiger partial charge < -0.3 is 9.69 Å². The van der Waals surface area contributed by atoms with E-state index in [1.807, 2.05) is 0 Å². The van der Waals surface area contributed by atoms with Crippen LogP contribution in [0.25, 0.3) is 0 Å². The Hall–Kier alpha value is -2.03. The maximum Gasteiger partial charge on any atom is 0.417 e. The number of carbonyl (C=O) groups excluding carboxylic acids is 1. The molecule has 0 aromatic heterocycles. The van der Waals surface area contributed by atoms with Crippen molar-refractivity contribution in [2.24, 2.45) is 0 Å². The highest BCUT2D eigenvalue weighted by Gasteiger charge is 2.35. The molecule has 1 fully saturated rings. The first-order chi connectivity index (χ1) is 8.97. The van der Waals surface area contributed by atoms with Crippen LogP contribution in [0.15, 0.2) is 18.2 Å². The van der Waals surface area contributed by atoms with Gasteiger partial charge in [-0.1, -0.05) is 0 Å². The van der Waals surface area contributed by atoms with E-state index in [2.05, 4.69) is 0 Å². The number of rotatable bonds is 2. The van der Waals surface area contributed by atoms with Crippen LogP contribution >= 0.6 is 0 Å². The zero-order valence-electron chi connectivity index (χ0n) is 9.94. The number of nitrogens with zero attached hydrogens (tertiary/aromatic N) is 2. The van der Waals surface area contributed by atoms with Crippen LogP contribution in [0.1, 0.15) is 24.0 Å². The minimum atomic E-state index is -4.57. The van der Waals surface area contributed by atoms with Crippen molar-refractivity contribution in [3.05, 3.63) is 29.3 Å². The molecule has 0 amide bonds. The predicted molar refractivity (Wildman–Crippen MR) is 62.6 cm³/mol. The van der Waals surface area contributed by atoms with Gasteiger partial charge in [0.1, 0.15) is 6.29 Å². The average molecular weight is 268 g/mol.